The lowest BCUT2D eigenvalue weighted by molar-refractivity contribution is -0.113. The summed E-state index contributed by atoms with van der Waals surface area (Å²) in [5, 5.41) is 23.6. The predicted molar refractivity (Wildman–Crippen MR) is 119 cm³/mol. The van der Waals surface area contributed by atoms with Crippen LogP contribution in [0.2, 0.25) is 0 Å². The molecule has 3 heterocycles. The van der Waals surface area contributed by atoms with Crippen LogP contribution in [-0.4, -0.2) is 44.7 Å². The number of hydrogen-bond acceptors (Lipinski definition) is 7. The minimum absolute atomic E-state index is 0.169. The summed E-state index contributed by atoms with van der Waals surface area (Å²) in [6.07, 6.45) is 0.790. The van der Waals surface area contributed by atoms with Crippen LogP contribution < -0.4 is 5.32 Å². The molecule has 0 aliphatic carbocycles. The molecule has 0 aliphatic heterocycles. The summed E-state index contributed by atoms with van der Waals surface area (Å²) in [6.45, 7) is 5.13. The Morgan fingerprint density at radius 1 is 1.40 bits per heavy atom. The normalized spacial score (nSPS) is 10.9. The second kappa shape index (κ2) is 9.93. The number of nitriles is 1. The molecule has 1 amide bonds. The van der Waals surface area contributed by atoms with Crippen molar-refractivity contribution < 1.29 is 9.53 Å². The molecule has 0 saturated carbocycles. The summed E-state index contributed by atoms with van der Waals surface area (Å²) in [4.78, 5) is 13.7. The van der Waals surface area contributed by atoms with Gasteiger partial charge in [-0.3, -0.25) is 4.79 Å². The molecule has 0 aliphatic rings. The molecule has 0 saturated heterocycles. The van der Waals surface area contributed by atoms with Gasteiger partial charge in [0.2, 0.25) is 5.91 Å². The maximum absolute atomic E-state index is 12.7. The van der Waals surface area contributed by atoms with E-state index in [0.29, 0.717) is 29.7 Å². The first-order valence-electron chi connectivity index (χ1n) is 9.42. The van der Waals surface area contributed by atoms with Crippen LogP contribution in [0.3, 0.4) is 0 Å². The highest BCUT2D eigenvalue weighted by molar-refractivity contribution is 7.99. The summed E-state index contributed by atoms with van der Waals surface area (Å²) in [5.74, 6) is 1.30. The van der Waals surface area contributed by atoms with Crippen LogP contribution in [0.4, 0.5) is 5.82 Å². The number of hydrogen-bond donors (Lipinski definition) is 1. The Balaban J connectivity index is 1.71. The van der Waals surface area contributed by atoms with Crippen LogP contribution in [0.1, 0.15) is 23.2 Å². The fourth-order valence-electron chi connectivity index (χ4n) is 3.14. The number of thioether (sulfide) groups is 1. The van der Waals surface area contributed by atoms with E-state index in [4.69, 9.17) is 4.74 Å². The molecule has 0 radical (unpaired) electrons. The van der Waals surface area contributed by atoms with Crippen molar-refractivity contribution in [1.82, 2.24) is 19.3 Å². The Labute approximate surface area is 183 Å². The molecule has 10 heteroatoms. The Morgan fingerprint density at radius 2 is 2.20 bits per heavy atom. The van der Waals surface area contributed by atoms with Crippen molar-refractivity contribution in [3.8, 4) is 16.8 Å². The Morgan fingerprint density at radius 3 is 2.87 bits per heavy atom. The number of methoxy groups -OCH3 is 1. The van der Waals surface area contributed by atoms with E-state index < -0.39 is 0 Å². The van der Waals surface area contributed by atoms with Gasteiger partial charge < -0.3 is 19.2 Å². The van der Waals surface area contributed by atoms with Gasteiger partial charge >= 0.3 is 0 Å². The van der Waals surface area contributed by atoms with Gasteiger partial charge in [0.1, 0.15) is 11.9 Å². The molecule has 3 aromatic heterocycles. The number of amides is 1. The first kappa shape index (κ1) is 22.1. The second-order valence-electron chi connectivity index (χ2n) is 6.72. The van der Waals surface area contributed by atoms with Gasteiger partial charge in [-0.25, -0.2) is 0 Å². The zero-order valence-corrected chi connectivity index (χ0v) is 19.1. The van der Waals surface area contributed by atoms with Gasteiger partial charge in [0.05, 0.1) is 16.2 Å². The molecule has 0 aromatic carbocycles. The molecule has 30 heavy (non-hydrogen) atoms. The van der Waals surface area contributed by atoms with Crippen LogP contribution in [-0.2, 0) is 23.1 Å². The minimum atomic E-state index is -0.192. The summed E-state index contributed by atoms with van der Waals surface area (Å²) >= 11 is 2.91. The molecule has 0 atom stereocenters. The van der Waals surface area contributed by atoms with Crippen molar-refractivity contribution in [2.24, 2.45) is 7.05 Å². The third-order valence-electron chi connectivity index (χ3n) is 4.84. The summed E-state index contributed by atoms with van der Waals surface area (Å²) < 4.78 is 8.99. The lowest BCUT2D eigenvalue weighted by Crippen LogP contribution is -2.19. The van der Waals surface area contributed by atoms with Crippen molar-refractivity contribution in [1.29, 1.82) is 5.26 Å². The fourth-order valence-corrected chi connectivity index (χ4v) is 4.59. The number of thiophene rings is 1. The quantitative estimate of drug-likeness (QED) is 0.400. The van der Waals surface area contributed by atoms with Crippen LogP contribution in [0.15, 0.2) is 22.7 Å². The molecule has 0 bridgehead atoms. The molecule has 0 unspecified atom stereocenters. The molecule has 3 rings (SSSR count). The number of ether oxygens (including phenoxy) is 1. The Hall–Kier alpha value is -2.61. The fraction of sp³-hybridized carbons (Fsp3) is 0.400. The van der Waals surface area contributed by atoms with Crippen molar-refractivity contribution in [3.05, 3.63) is 34.3 Å². The highest BCUT2D eigenvalue weighted by Crippen LogP contribution is 2.28. The van der Waals surface area contributed by atoms with Crippen LogP contribution in [0, 0.1) is 25.2 Å². The van der Waals surface area contributed by atoms with Crippen molar-refractivity contribution in [2.75, 3.05) is 24.8 Å². The number of aromatic nitrogens is 4. The summed E-state index contributed by atoms with van der Waals surface area (Å²) in [5.41, 5.74) is 2.35. The van der Waals surface area contributed by atoms with Gasteiger partial charge in [0, 0.05) is 33.0 Å². The van der Waals surface area contributed by atoms with Gasteiger partial charge in [-0.1, -0.05) is 17.8 Å². The minimum Gasteiger partial charge on any atom is -0.385 e. The first-order valence-corrected chi connectivity index (χ1v) is 11.3. The molecule has 3 aromatic rings. The van der Waals surface area contributed by atoms with Crippen LogP contribution >= 0.6 is 23.1 Å². The number of rotatable bonds is 9. The lowest BCUT2D eigenvalue weighted by Gasteiger charge is -2.13. The maximum Gasteiger partial charge on any atom is 0.235 e. The van der Waals surface area contributed by atoms with E-state index in [0.717, 1.165) is 28.4 Å². The number of anilines is 1. The molecule has 158 valence electrons. The smallest absolute Gasteiger partial charge is 0.235 e. The SMILES string of the molecule is COCCCn1c(C)c(C)c(C#N)c1NC(=O)CSc1nnc(-c2cccs2)n1C. The molecule has 0 fully saturated rings. The van der Waals surface area contributed by atoms with Gasteiger partial charge in [-0.05, 0) is 37.3 Å². The first-order chi connectivity index (χ1) is 14.5. The number of nitrogens with one attached hydrogen (secondary N) is 1. The predicted octanol–water partition coefficient (Wildman–Crippen LogP) is 3.60. The third-order valence-corrected chi connectivity index (χ3v) is 6.72. The molecule has 1 N–H and O–H groups in total. The Kier molecular flexibility index (Phi) is 7.31. The van der Waals surface area contributed by atoms with Gasteiger partial charge in [0.25, 0.3) is 0 Å². The zero-order valence-electron chi connectivity index (χ0n) is 17.4. The Bertz CT molecular complexity index is 1060. The molecular weight excluding hydrogens is 420 g/mol. The summed E-state index contributed by atoms with van der Waals surface area (Å²) in [7, 11) is 3.54. The van der Waals surface area contributed by atoms with E-state index in [1.165, 1.54) is 11.8 Å². The van der Waals surface area contributed by atoms with E-state index >= 15 is 0 Å². The van der Waals surface area contributed by atoms with Crippen molar-refractivity contribution in [2.45, 2.75) is 32.0 Å². The van der Waals surface area contributed by atoms with Gasteiger partial charge in [0.15, 0.2) is 11.0 Å². The van der Waals surface area contributed by atoms with Gasteiger partial charge in [-0.2, -0.15) is 5.26 Å². The topological polar surface area (TPSA) is 97.8 Å². The van der Waals surface area contributed by atoms with Crippen molar-refractivity contribution in [3.63, 3.8) is 0 Å². The summed E-state index contributed by atoms with van der Waals surface area (Å²) in [6, 6.07) is 6.18. The van der Waals surface area contributed by atoms with E-state index in [2.05, 4.69) is 21.6 Å². The number of carbonyl (C=O) groups excluding carboxylic acids is 1. The van der Waals surface area contributed by atoms with E-state index in [-0.39, 0.29) is 11.7 Å². The highest BCUT2D eigenvalue weighted by atomic mass is 32.2. The maximum atomic E-state index is 12.7. The van der Waals surface area contributed by atoms with E-state index in [1.807, 2.05) is 47.5 Å². The second-order valence-corrected chi connectivity index (χ2v) is 8.61. The molecule has 8 nitrogen and oxygen atoms in total. The highest BCUT2D eigenvalue weighted by Gasteiger charge is 2.20. The monoisotopic (exact) mass is 444 g/mol. The standard InChI is InChI=1S/C20H24N6O2S2/c1-13-14(2)26(8-6-9-28-4)18(15(13)11-21)22-17(27)12-30-20-24-23-19(25(20)3)16-7-5-10-29-16/h5,7,10H,6,8-9,12H2,1-4H3,(H,22,27). The van der Waals surface area contributed by atoms with Crippen molar-refractivity contribution >= 4 is 34.8 Å². The average molecular weight is 445 g/mol. The third kappa shape index (κ3) is 4.59. The molecular formula is C20H24N6O2S2. The van der Waals surface area contributed by atoms with Gasteiger partial charge in [-0.15, -0.1) is 21.5 Å². The number of nitrogens with zero attached hydrogens (tertiary/aromatic N) is 5. The largest absolute Gasteiger partial charge is 0.385 e. The lowest BCUT2D eigenvalue weighted by atomic mass is 10.2. The van der Waals surface area contributed by atoms with E-state index in [1.54, 1.807) is 18.4 Å². The van der Waals surface area contributed by atoms with Crippen LogP contribution in [0.25, 0.3) is 10.7 Å². The molecule has 0 spiro atoms. The van der Waals surface area contributed by atoms with Crippen LogP contribution in [0.5, 0.6) is 0 Å². The number of carbonyl (C=O) groups is 1. The zero-order chi connectivity index (χ0) is 21.7. The van der Waals surface area contributed by atoms with E-state index in [9.17, 15) is 10.1 Å². The average Bonchev–Trinajstić information content (AvgIpc) is 3.43.